The Bertz CT molecular complexity index is 720. The number of rotatable bonds is 9. The molecule has 1 atom stereocenters. The first-order valence-corrected chi connectivity index (χ1v) is 10.5. The molecule has 7 heteroatoms. The highest BCUT2D eigenvalue weighted by molar-refractivity contribution is 7.99. The minimum atomic E-state index is 0.0261. The summed E-state index contributed by atoms with van der Waals surface area (Å²) in [4.78, 5) is 13.6. The van der Waals surface area contributed by atoms with E-state index in [9.17, 15) is 4.79 Å². The van der Waals surface area contributed by atoms with Crippen molar-refractivity contribution in [3.05, 3.63) is 40.9 Å². The van der Waals surface area contributed by atoms with E-state index in [2.05, 4.69) is 46.6 Å². The standard InChI is InChI=1S/C18H24N4OS2/c1-4-9-22-17(13-7-8-13)20-21-18(22)25-11-15(23)19-16(12(2)3)14-6-5-10-24-14/h4-6,10,12-13,16H,1,7-9,11H2,2-3H3,(H,19,23). The summed E-state index contributed by atoms with van der Waals surface area (Å²) in [5, 5.41) is 14.6. The number of carbonyl (C=O) groups excluding carboxylic acids is 1. The molecule has 1 saturated carbocycles. The number of nitrogens with one attached hydrogen (secondary N) is 1. The third kappa shape index (κ3) is 4.52. The van der Waals surface area contributed by atoms with Crippen molar-refractivity contribution >= 4 is 29.0 Å². The number of thiophene rings is 1. The summed E-state index contributed by atoms with van der Waals surface area (Å²) >= 11 is 3.12. The third-order valence-electron chi connectivity index (χ3n) is 4.16. The number of hydrogen-bond acceptors (Lipinski definition) is 5. The number of allylic oxidation sites excluding steroid dienone is 1. The zero-order valence-corrected chi connectivity index (χ0v) is 16.3. The Morgan fingerprint density at radius 3 is 2.92 bits per heavy atom. The maximum Gasteiger partial charge on any atom is 0.230 e. The Labute approximate surface area is 156 Å². The smallest absolute Gasteiger partial charge is 0.230 e. The molecule has 1 unspecified atom stereocenters. The van der Waals surface area contributed by atoms with Crippen LogP contribution in [-0.2, 0) is 11.3 Å². The number of amides is 1. The first-order valence-electron chi connectivity index (χ1n) is 8.59. The Morgan fingerprint density at radius 1 is 1.52 bits per heavy atom. The predicted octanol–water partition coefficient (Wildman–Crippen LogP) is 4.01. The lowest BCUT2D eigenvalue weighted by molar-refractivity contribution is -0.119. The topological polar surface area (TPSA) is 59.8 Å². The lowest BCUT2D eigenvalue weighted by Crippen LogP contribution is -2.32. The van der Waals surface area contributed by atoms with Gasteiger partial charge in [-0.05, 0) is 30.2 Å². The van der Waals surface area contributed by atoms with E-state index in [0.717, 1.165) is 11.0 Å². The van der Waals surface area contributed by atoms with E-state index in [1.807, 2.05) is 17.5 Å². The molecular formula is C18H24N4OS2. The average molecular weight is 377 g/mol. The van der Waals surface area contributed by atoms with E-state index in [1.54, 1.807) is 11.3 Å². The largest absolute Gasteiger partial charge is 0.347 e. The van der Waals surface area contributed by atoms with Gasteiger partial charge in [-0.1, -0.05) is 37.8 Å². The molecule has 5 nitrogen and oxygen atoms in total. The fourth-order valence-corrected chi connectivity index (χ4v) is 4.45. The van der Waals surface area contributed by atoms with Crippen molar-refractivity contribution in [1.29, 1.82) is 0 Å². The van der Waals surface area contributed by atoms with Crippen LogP contribution >= 0.6 is 23.1 Å². The van der Waals surface area contributed by atoms with E-state index < -0.39 is 0 Å². The van der Waals surface area contributed by atoms with Crippen molar-refractivity contribution in [2.75, 3.05) is 5.75 Å². The molecule has 2 heterocycles. The Morgan fingerprint density at radius 2 is 2.32 bits per heavy atom. The summed E-state index contributed by atoms with van der Waals surface area (Å²) in [6.07, 6.45) is 4.21. The number of hydrogen-bond donors (Lipinski definition) is 1. The van der Waals surface area contributed by atoms with Gasteiger partial charge in [-0.3, -0.25) is 4.79 Å². The molecular weight excluding hydrogens is 352 g/mol. The minimum absolute atomic E-state index is 0.0261. The molecule has 2 aromatic rings. The quantitative estimate of drug-likeness (QED) is 0.531. The summed E-state index contributed by atoms with van der Waals surface area (Å²) < 4.78 is 2.09. The van der Waals surface area contributed by atoms with Crippen molar-refractivity contribution in [2.45, 2.75) is 50.4 Å². The minimum Gasteiger partial charge on any atom is -0.347 e. The molecule has 134 valence electrons. The SMILES string of the molecule is C=CCn1c(SCC(=O)NC(c2cccs2)C(C)C)nnc1C1CC1. The molecule has 0 saturated heterocycles. The summed E-state index contributed by atoms with van der Waals surface area (Å²) in [6, 6.07) is 4.15. The van der Waals surface area contributed by atoms with Crippen LogP contribution in [0.15, 0.2) is 35.3 Å². The molecule has 1 N–H and O–H groups in total. The zero-order chi connectivity index (χ0) is 17.8. The summed E-state index contributed by atoms with van der Waals surface area (Å²) in [5.41, 5.74) is 0. The normalized spacial score (nSPS) is 15.3. The summed E-state index contributed by atoms with van der Waals surface area (Å²) in [7, 11) is 0. The van der Waals surface area contributed by atoms with Crippen LogP contribution in [0.3, 0.4) is 0 Å². The van der Waals surface area contributed by atoms with E-state index in [1.165, 1.54) is 29.5 Å². The predicted molar refractivity (Wildman–Crippen MR) is 103 cm³/mol. The summed E-state index contributed by atoms with van der Waals surface area (Å²) in [5.74, 6) is 2.27. The van der Waals surface area contributed by atoms with Crippen LogP contribution in [0, 0.1) is 5.92 Å². The van der Waals surface area contributed by atoms with Crippen molar-refractivity contribution in [3.8, 4) is 0 Å². The maximum absolute atomic E-state index is 12.4. The van der Waals surface area contributed by atoms with Gasteiger partial charge >= 0.3 is 0 Å². The fourth-order valence-electron chi connectivity index (χ4n) is 2.73. The second-order valence-corrected chi connectivity index (χ2v) is 8.53. The highest BCUT2D eigenvalue weighted by atomic mass is 32.2. The second-order valence-electron chi connectivity index (χ2n) is 6.61. The van der Waals surface area contributed by atoms with E-state index in [-0.39, 0.29) is 11.9 Å². The number of carbonyl (C=O) groups is 1. The van der Waals surface area contributed by atoms with Crippen LogP contribution < -0.4 is 5.32 Å². The van der Waals surface area contributed by atoms with Gasteiger partial charge in [-0.25, -0.2) is 0 Å². The molecule has 1 fully saturated rings. The molecule has 2 aromatic heterocycles. The van der Waals surface area contributed by atoms with Gasteiger partial charge in [0.05, 0.1) is 11.8 Å². The van der Waals surface area contributed by atoms with Crippen molar-refractivity contribution in [2.24, 2.45) is 5.92 Å². The average Bonchev–Trinajstić information content (AvgIpc) is 3.13. The molecule has 1 amide bonds. The highest BCUT2D eigenvalue weighted by Crippen LogP contribution is 2.40. The first-order chi connectivity index (χ1) is 12.1. The molecule has 0 aliphatic heterocycles. The van der Waals surface area contributed by atoms with Crippen LogP contribution in [0.1, 0.15) is 49.4 Å². The second kappa shape index (κ2) is 8.19. The van der Waals surface area contributed by atoms with Gasteiger partial charge in [0.15, 0.2) is 5.16 Å². The first kappa shape index (κ1) is 18.2. The lowest BCUT2D eigenvalue weighted by Gasteiger charge is -2.21. The Hall–Kier alpha value is -1.60. The fraction of sp³-hybridized carbons (Fsp3) is 0.500. The molecule has 0 aromatic carbocycles. The van der Waals surface area contributed by atoms with E-state index in [4.69, 9.17) is 0 Å². The van der Waals surface area contributed by atoms with Crippen LogP contribution in [0.2, 0.25) is 0 Å². The van der Waals surface area contributed by atoms with Gasteiger partial charge in [0, 0.05) is 17.3 Å². The van der Waals surface area contributed by atoms with E-state index >= 15 is 0 Å². The number of nitrogens with zero attached hydrogens (tertiary/aromatic N) is 3. The van der Waals surface area contributed by atoms with Gasteiger partial charge in [-0.15, -0.1) is 28.1 Å². The number of thioether (sulfide) groups is 1. The van der Waals surface area contributed by atoms with Crippen molar-refractivity contribution < 1.29 is 4.79 Å². The molecule has 0 bridgehead atoms. The van der Waals surface area contributed by atoms with Gasteiger partial charge < -0.3 is 9.88 Å². The third-order valence-corrected chi connectivity index (χ3v) is 6.09. The van der Waals surface area contributed by atoms with Crippen molar-refractivity contribution in [1.82, 2.24) is 20.1 Å². The molecule has 1 aliphatic rings. The Kier molecular flexibility index (Phi) is 5.96. The van der Waals surface area contributed by atoms with Gasteiger partial charge in [-0.2, -0.15) is 0 Å². The van der Waals surface area contributed by atoms with Gasteiger partial charge in [0.25, 0.3) is 0 Å². The van der Waals surface area contributed by atoms with Crippen molar-refractivity contribution in [3.63, 3.8) is 0 Å². The molecule has 1 aliphatic carbocycles. The molecule has 0 spiro atoms. The molecule has 0 radical (unpaired) electrons. The number of aromatic nitrogens is 3. The molecule has 25 heavy (non-hydrogen) atoms. The monoisotopic (exact) mass is 376 g/mol. The van der Waals surface area contributed by atoms with Crippen LogP contribution in [0.5, 0.6) is 0 Å². The zero-order valence-electron chi connectivity index (χ0n) is 14.6. The van der Waals surface area contributed by atoms with Gasteiger partial charge in [0.1, 0.15) is 5.82 Å². The van der Waals surface area contributed by atoms with Crippen LogP contribution in [0.25, 0.3) is 0 Å². The van der Waals surface area contributed by atoms with Crippen LogP contribution in [-0.4, -0.2) is 26.4 Å². The molecule has 3 rings (SSSR count). The lowest BCUT2D eigenvalue weighted by atomic mass is 10.0. The van der Waals surface area contributed by atoms with E-state index in [0.29, 0.717) is 24.1 Å². The Balaban J connectivity index is 1.61. The van der Waals surface area contributed by atoms with Crippen LogP contribution in [0.4, 0.5) is 0 Å². The maximum atomic E-state index is 12.4. The highest BCUT2D eigenvalue weighted by Gasteiger charge is 2.30. The van der Waals surface area contributed by atoms with Gasteiger partial charge in [0.2, 0.25) is 5.91 Å². The summed E-state index contributed by atoms with van der Waals surface area (Å²) in [6.45, 7) is 8.75.